The summed E-state index contributed by atoms with van der Waals surface area (Å²) < 4.78 is 61.3. The number of hydrogen-bond donors (Lipinski definition) is 0. The van der Waals surface area contributed by atoms with E-state index in [9.17, 15) is 17.6 Å². The quantitative estimate of drug-likeness (QED) is 0.274. The molecule has 1 aliphatic rings. The van der Waals surface area contributed by atoms with Crippen molar-refractivity contribution in [3.05, 3.63) is 65.6 Å². The minimum atomic E-state index is -4.14. The molecule has 0 spiro atoms. The van der Waals surface area contributed by atoms with Crippen molar-refractivity contribution in [3.8, 4) is 11.6 Å². The van der Waals surface area contributed by atoms with Gasteiger partial charge in [0.25, 0.3) is 15.9 Å². The first-order valence-corrected chi connectivity index (χ1v) is 13.7. The highest BCUT2D eigenvalue weighted by Crippen LogP contribution is 2.40. The fourth-order valence-corrected chi connectivity index (χ4v) is 5.64. The summed E-state index contributed by atoms with van der Waals surface area (Å²) in [7, 11) is -2.84. The number of benzene rings is 2. The second kappa shape index (κ2) is 11.7. The molecule has 0 saturated carbocycles. The standard InChI is InChI=1S/C27H30FN3O6S/c1-4-30-18-25(27(29-30)36-5-2)38(33,34)31-17-21(13-15-26(32)35-3)37-24-14-11-19(16-23(24)31)10-12-20-8-6-7-9-22(20)28/h6-12,14,16,18,21H,4-5,13,15,17H2,1-3H3/b12-10+. The summed E-state index contributed by atoms with van der Waals surface area (Å²) in [6.07, 6.45) is 4.52. The molecule has 0 bridgehead atoms. The largest absolute Gasteiger partial charge is 0.486 e. The molecule has 1 atom stereocenters. The molecule has 0 saturated heterocycles. The molecule has 2 heterocycles. The summed E-state index contributed by atoms with van der Waals surface area (Å²) in [6.45, 7) is 4.27. The van der Waals surface area contributed by atoms with E-state index < -0.39 is 22.1 Å². The van der Waals surface area contributed by atoms with Crippen molar-refractivity contribution >= 4 is 33.8 Å². The molecule has 3 aromatic rings. The van der Waals surface area contributed by atoms with Gasteiger partial charge in [0.05, 0.1) is 25.9 Å². The number of carbonyl (C=O) groups excluding carboxylic acids is 1. The molecule has 0 aliphatic carbocycles. The number of anilines is 1. The van der Waals surface area contributed by atoms with Crippen LogP contribution in [0.5, 0.6) is 11.6 Å². The molecule has 11 heteroatoms. The number of aryl methyl sites for hydroxylation is 1. The van der Waals surface area contributed by atoms with E-state index in [4.69, 9.17) is 14.2 Å². The molecule has 1 aliphatic heterocycles. The Labute approximate surface area is 221 Å². The van der Waals surface area contributed by atoms with Crippen molar-refractivity contribution in [2.24, 2.45) is 0 Å². The van der Waals surface area contributed by atoms with Crippen molar-refractivity contribution in [2.75, 3.05) is 24.6 Å². The van der Waals surface area contributed by atoms with E-state index in [1.54, 1.807) is 55.5 Å². The first-order valence-electron chi connectivity index (χ1n) is 12.3. The van der Waals surface area contributed by atoms with Crippen molar-refractivity contribution in [1.82, 2.24) is 9.78 Å². The maximum atomic E-state index is 14.1. The Morgan fingerprint density at radius 2 is 2.00 bits per heavy atom. The first kappa shape index (κ1) is 27.2. The van der Waals surface area contributed by atoms with Gasteiger partial charge in [-0.15, -0.1) is 5.10 Å². The number of aromatic nitrogens is 2. The van der Waals surface area contributed by atoms with Gasteiger partial charge >= 0.3 is 5.97 Å². The van der Waals surface area contributed by atoms with Crippen LogP contribution in [0.15, 0.2) is 53.6 Å². The lowest BCUT2D eigenvalue weighted by Crippen LogP contribution is -2.43. The van der Waals surface area contributed by atoms with Crippen molar-refractivity contribution in [3.63, 3.8) is 0 Å². The minimum Gasteiger partial charge on any atom is -0.486 e. The molecule has 9 nitrogen and oxygen atoms in total. The number of ether oxygens (including phenoxy) is 3. The zero-order chi connectivity index (χ0) is 27.3. The lowest BCUT2D eigenvalue weighted by Gasteiger charge is -2.35. The highest BCUT2D eigenvalue weighted by Gasteiger charge is 2.37. The van der Waals surface area contributed by atoms with E-state index in [0.29, 0.717) is 29.1 Å². The number of carbonyl (C=O) groups is 1. The maximum absolute atomic E-state index is 14.1. The van der Waals surface area contributed by atoms with Crippen molar-refractivity contribution < 1.29 is 31.8 Å². The van der Waals surface area contributed by atoms with Gasteiger partial charge in [-0.1, -0.05) is 36.4 Å². The number of rotatable bonds is 10. The third-order valence-electron chi connectivity index (χ3n) is 6.04. The van der Waals surface area contributed by atoms with Crippen LogP contribution in [0.2, 0.25) is 0 Å². The lowest BCUT2D eigenvalue weighted by atomic mass is 10.1. The van der Waals surface area contributed by atoms with E-state index in [2.05, 4.69) is 5.10 Å². The smallest absolute Gasteiger partial charge is 0.305 e. The van der Waals surface area contributed by atoms with Gasteiger partial charge in [0.15, 0.2) is 4.90 Å². The number of methoxy groups -OCH3 is 1. The van der Waals surface area contributed by atoms with Crippen molar-refractivity contribution in [1.29, 1.82) is 0 Å². The second-order valence-electron chi connectivity index (χ2n) is 8.56. The molecule has 0 fully saturated rings. The van der Waals surface area contributed by atoms with Gasteiger partial charge in [-0.25, -0.2) is 12.8 Å². The summed E-state index contributed by atoms with van der Waals surface area (Å²) in [5, 5.41) is 4.26. The molecule has 0 amide bonds. The van der Waals surface area contributed by atoms with Gasteiger partial charge in [-0.05, 0) is 44.0 Å². The van der Waals surface area contributed by atoms with E-state index in [-0.39, 0.29) is 42.6 Å². The van der Waals surface area contributed by atoms with Gasteiger partial charge in [0.2, 0.25) is 0 Å². The zero-order valence-corrected chi connectivity index (χ0v) is 22.3. The highest BCUT2D eigenvalue weighted by molar-refractivity contribution is 7.93. The molecule has 1 aromatic heterocycles. The average molecular weight is 544 g/mol. The van der Waals surface area contributed by atoms with Crippen LogP contribution in [0.1, 0.15) is 37.8 Å². The third kappa shape index (κ3) is 5.83. The lowest BCUT2D eigenvalue weighted by molar-refractivity contribution is -0.141. The van der Waals surface area contributed by atoms with Crippen LogP contribution in [0.25, 0.3) is 12.2 Å². The Kier molecular flexibility index (Phi) is 8.35. The van der Waals surface area contributed by atoms with Crippen molar-refractivity contribution in [2.45, 2.75) is 44.2 Å². The highest BCUT2D eigenvalue weighted by atomic mass is 32.2. The van der Waals surface area contributed by atoms with E-state index in [1.165, 1.54) is 28.4 Å². The summed E-state index contributed by atoms with van der Waals surface area (Å²) >= 11 is 0. The molecular weight excluding hydrogens is 513 g/mol. The summed E-state index contributed by atoms with van der Waals surface area (Å²) in [5.74, 6) is -0.410. The number of esters is 1. The summed E-state index contributed by atoms with van der Waals surface area (Å²) in [4.78, 5) is 11.7. The van der Waals surface area contributed by atoms with Gasteiger partial charge in [0.1, 0.15) is 17.7 Å². The zero-order valence-electron chi connectivity index (χ0n) is 21.5. The Morgan fingerprint density at radius 3 is 2.71 bits per heavy atom. The number of nitrogens with zero attached hydrogens (tertiary/aromatic N) is 3. The Balaban J connectivity index is 1.75. The molecule has 0 radical (unpaired) electrons. The summed E-state index contributed by atoms with van der Waals surface area (Å²) in [5.41, 5.74) is 1.38. The normalized spacial score (nSPS) is 15.3. The fourth-order valence-electron chi connectivity index (χ4n) is 4.07. The number of sulfonamides is 1. The predicted molar refractivity (Wildman–Crippen MR) is 141 cm³/mol. The molecular formula is C27H30FN3O6S. The number of fused-ring (bicyclic) bond motifs is 1. The van der Waals surface area contributed by atoms with E-state index >= 15 is 0 Å². The maximum Gasteiger partial charge on any atom is 0.305 e. The van der Waals surface area contributed by atoms with E-state index in [1.807, 2.05) is 6.92 Å². The van der Waals surface area contributed by atoms with Crippen LogP contribution in [-0.2, 0) is 26.1 Å². The molecule has 4 rings (SSSR count). The Morgan fingerprint density at radius 1 is 1.21 bits per heavy atom. The minimum absolute atomic E-state index is 0.0177. The van der Waals surface area contributed by atoms with Gasteiger partial charge in [-0.2, -0.15) is 0 Å². The van der Waals surface area contributed by atoms with Crippen LogP contribution in [0.3, 0.4) is 0 Å². The monoisotopic (exact) mass is 543 g/mol. The molecule has 1 unspecified atom stereocenters. The third-order valence-corrected chi connectivity index (χ3v) is 7.80. The molecule has 2 aromatic carbocycles. The molecule has 202 valence electrons. The van der Waals surface area contributed by atoms with Crippen LogP contribution in [0.4, 0.5) is 10.1 Å². The van der Waals surface area contributed by atoms with Gasteiger partial charge < -0.3 is 14.2 Å². The van der Waals surface area contributed by atoms with Crippen LogP contribution in [-0.4, -0.2) is 50.5 Å². The van der Waals surface area contributed by atoms with Gasteiger partial charge in [-0.3, -0.25) is 13.8 Å². The van der Waals surface area contributed by atoms with E-state index in [0.717, 1.165) is 0 Å². The molecule has 0 N–H and O–H groups in total. The fraction of sp³-hybridized carbons (Fsp3) is 0.333. The number of halogens is 1. The SMILES string of the molecule is CCOc1nn(CC)cc1S(=O)(=O)N1CC(CCC(=O)OC)Oc2ccc(/C=C/c3ccccc3F)cc21. The van der Waals surface area contributed by atoms with Crippen LogP contribution >= 0.6 is 0 Å². The van der Waals surface area contributed by atoms with Crippen LogP contribution < -0.4 is 13.8 Å². The first-order chi connectivity index (χ1) is 18.3. The second-order valence-corrected chi connectivity index (χ2v) is 10.4. The summed E-state index contributed by atoms with van der Waals surface area (Å²) in [6, 6.07) is 11.5. The Bertz CT molecular complexity index is 1440. The van der Waals surface area contributed by atoms with Gasteiger partial charge in [0, 0.05) is 24.7 Å². The predicted octanol–water partition coefficient (Wildman–Crippen LogP) is 4.52. The Hall–Kier alpha value is -3.86. The molecule has 38 heavy (non-hydrogen) atoms. The average Bonchev–Trinajstić information content (AvgIpc) is 3.35. The van der Waals surface area contributed by atoms with Crippen LogP contribution in [0, 0.1) is 5.82 Å². The topological polar surface area (TPSA) is 100.0 Å². The number of hydrogen-bond acceptors (Lipinski definition) is 7.